The van der Waals surface area contributed by atoms with E-state index in [9.17, 15) is 31.1 Å². The van der Waals surface area contributed by atoms with Gasteiger partial charge in [-0.25, -0.2) is 13.2 Å². The molecule has 0 aliphatic carbocycles. The third kappa shape index (κ3) is 5.88. The Labute approximate surface area is 158 Å². The van der Waals surface area contributed by atoms with Gasteiger partial charge in [0.15, 0.2) is 11.6 Å². The van der Waals surface area contributed by atoms with Gasteiger partial charge in [-0.2, -0.15) is 13.2 Å². The SMILES string of the molecule is C=C1CN(C(=O)CC(Cc2cc(F)c(F)cc2F)NC)CCN1CC(F)(F)F. The highest BCUT2D eigenvalue weighted by atomic mass is 19.4. The molecule has 0 saturated carbocycles. The molecule has 0 aromatic heterocycles. The first-order valence-electron chi connectivity index (χ1n) is 8.58. The Hall–Kier alpha value is -2.23. The summed E-state index contributed by atoms with van der Waals surface area (Å²) in [6, 6.07) is 0.633. The first-order valence-corrected chi connectivity index (χ1v) is 8.58. The average molecular weight is 409 g/mol. The lowest BCUT2D eigenvalue weighted by molar-refractivity contribution is -0.146. The Morgan fingerprint density at radius 2 is 1.82 bits per heavy atom. The van der Waals surface area contributed by atoms with Gasteiger partial charge in [0.25, 0.3) is 0 Å². The largest absolute Gasteiger partial charge is 0.405 e. The maximum Gasteiger partial charge on any atom is 0.405 e. The van der Waals surface area contributed by atoms with Crippen LogP contribution in [0.5, 0.6) is 0 Å². The first kappa shape index (κ1) is 22.1. The van der Waals surface area contributed by atoms with Crippen molar-refractivity contribution in [1.29, 1.82) is 0 Å². The zero-order valence-corrected chi connectivity index (χ0v) is 15.3. The van der Waals surface area contributed by atoms with Crippen LogP contribution >= 0.6 is 0 Å². The second-order valence-electron chi connectivity index (χ2n) is 6.67. The summed E-state index contributed by atoms with van der Waals surface area (Å²) in [6.07, 6.45) is -4.50. The molecule has 1 aliphatic heterocycles. The molecule has 1 atom stereocenters. The minimum Gasteiger partial charge on any atom is -0.363 e. The van der Waals surface area contributed by atoms with Crippen LogP contribution in [0.2, 0.25) is 0 Å². The molecule has 1 amide bonds. The first-order chi connectivity index (χ1) is 13.0. The quantitative estimate of drug-likeness (QED) is 0.580. The number of likely N-dealkylation sites (N-methyl/N-ethyl adjacent to an activating group) is 1. The topological polar surface area (TPSA) is 35.6 Å². The highest BCUT2D eigenvalue weighted by molar-refractivity contribution is 5.77. The maximum absolute atomic E-state index is 13.8. The van der Waals surface area contributed by atoms with E-state index in [4.69, 9.17) is 0 Å². The fourth-order valence-corrected chi connectivity index (χ4v) is 3.02. The molecule has 10 heteroatoms. The van der Waals surface area contributed by atoms with Crippen molar-refractivity contribution in [2.45, 2.75) is 25.1 Å². The van der Waals surface area contributed by atoms with Gasteiger partial charge in [-0.3, -0.25) is 4.79 Å². The molecular formula is C18H21F6N3O. The summed E-state index contributed by atoms with van der Waals surface area (Å²) in [7, 11) is 1.54. The molecule has 28 heavy (non-hydrogen) atoms. The average Bonchev–Trinajstić information content (AvgIpc) is 2.59. The Morgan fingerprint density at radius 1 is 1.18 bits per heavy atom. The molecule has 0 spiro atoms. The predicted molar refractivity (Wildman–Crippen MR) is 90.8 cm³/mol. The van der Waals surface area contributed by atoms with Crippen LogP contribution in [-0.4, -0.2) is 61.2 Å². The summed E-state index contributed by atoms with van der Waals surface area (Å²) in [4.78, 5) is 14.9. The normalized spacial score (nSPS) is 16.5. The van der Waals surface area contributed by atoms with E-state index < -0.39 is 36.2 Å². The van der Waals surface area contributed by atoms with E-state index in [1.807, 2.05) is 0 Å². The Morgan fingerprint density at radius 3 is 2.39 bits per heavy atom. The number of alkyl halides is 3. The summed E-state index contributed by atoms with van der Waals surface area (Å²) in [5, 5.41) is 2.82. The minimum atomic E-state index is -4.36. The number of hydrogen-bond acceptors (Lipinski definition) is 3. The summed E-state index contributed by atoms with van der Waals surface area (Å²) in [6.45, 7) is 2.55. The van der Waals surface area contributed by atoms with Gasteiger partial charge in [0.05, 0.1) is 6.54 Å². The second-order valence-corrected chi connectivity index (χ2v) is 6.67. The number of rotatable bonds is 6. The van der Waals surface area contributed by atoms with Crippen LogP contribution in [-0.2, 0) is 11.2 Å². The molecule has 1 fully saturated rings. The van der Waals surface area contributed by atoms with E-state index in [1.165, 1.54) is 11.9 Å². The van der Waals surface area contributed by atoms with E-state index in [0.29, 0.717) is 6.07 Å². The lowest BCUT2D eigenvalue weighted by Crippen LogP contribution is -2.50. The van der Waals surface area contributed by atoms with Crippen LogP contribution in [0.25, 0.3) is 0 Å². The zero-order chi connectivity index (χ0) is 21.1. The molecule has 0 radical (unpaired) electrons. The molecule has 0 bridgehead atoms. The van der Waals surface area contributed by atoms with Gasteiger partial charge in [-0.15, -0.1) is 0 Å². The van der Waals surface area contributed by atoms with Crippen molar-refractivity contribution in [2.24, 2.45) is 0 Å². The summed E-state index contributed by atoms with van der Waals surface area (Å²) >= 11 is 0. The van der Waals surface area contributed by atoms with Gasteiger partial charge in [0.1, 0.15) is 12.4 Å². The standard InChI is InChI=1S/C18H21F6N3O/c1-11-9-26(3-4-27(11)10-18(22,23)24)17(28)7-13(25-2)5-12-6-15(20)16(21)8-14(12)19/h6,8,13,25H,1,3-5,7,9-10H2,2H3. The number of carbonyl (C=O) groups is 1. The molecule has 1 unspecified atom stereocenters. The van der Waals surface area contributed by atoms with Gasteiger partial charge in [0, 0.05) is 37.3 Å². The van der Waals surface area contributed by atoms with E-state index >= 15 is 0 Å². The van der Waals surface area contributed by atoms with Crippen molar-refractivity contribution < 1.29 is 31.1 Å². The van der Waals surface area contributed by atoms with Crippen LogP contribution in [0.4, 0.5) is 26.3 Å². The minimum absolute atomic E-state index is 0.00606. The number of carbonyl (C=O) groups excluding carboxylic acids is 1. The van der Waals surface area contributed by atoms with Crippen molar-refractivity contribution in [3.8, 4) is 0 Å². The van der Waals surface area contributed by atoms with Crippen molar-refractivity contribution in [2.75, 3.05) is 33.2 Å². The molecule has 156 valence electrons. The van der Waals surface area contributed by atoms with Gasteiger partial charge in [-0.05, 0) is 25.1 Å². The monoisotopic (exact) mass is 409 g/mol. The molecular weight excluding hydrogens is 388 g/mol. The molecule has 1 N–H and O–H groups in total. The number of nitrogens with zero attached hydrogens (tertiary/aromatic N) is 2. The predicted octanol–water partition coefficient (Wildman–Crippen LogP) is 2.84. The molecule has 2 rings (SSSR count). The van der Waals surface area contributed by atoms with Crippen LogP contribution in [0.1, 0.15) is 12.0 Å². The highest BCUT2D eigenvalue weighted by Crippen LogP contribution is 2.22. The second kappa shape index (κ2) is 8.85. The summed E-state index contributed by atoms with van der Waals surface area (Å²) < 4.78 is 77.8. The van der Waals surface area contributed by atoms with Gasteiger partial charge < -0.3 is 15.1 Å². The lowest BCUT2D eigenvalue weighted by atomic mass is 10.0. The van der Waals surface area contributed by atoms with Gasteiger partial charge >= 0.3 is 6.18 Å². The molecule has 1 heterocycles. The lowest BCUT2D eigenvalue weighted by Gasteiger charge is -2.38. The van der Waals surface area contributed by atoms with Crippen molar-refractivity contribution in [3.63, 3.8) is 0 Å². The number of hydrogen-bond donors (Lipinski definition) is 1. The zero-order valence-electron chi connectivity index (χ0n) is 15.3. The number of halogens is 6. The van der Waals surface area contributed by atoms with Crippen LogP contribution in [0.15, 0.2) is 24.4 Å². The Balaban J connectivity index is 1.96. The molecule has 4 nitrogen and oxygen atoms in total. The molecule has 1 aliphatic rings. The number of benzene rings is 1. The van der Waals surface area contributed by atoms with Crippen LogP contribution in [0.3, 0.4) is 0 Å². The van der Waals surface area contributed by atoms with Crippen molar-refractivity contribution in [1.82, 2.24) is 15.1 Å². The van der Waals surface area contributed by atoms with E-state index in [-0.39, 0.29) is 49.6 Å². The highest BCUT2D eigenvalue weighted by Gasteiger charge is 2.34. The third-order valence-corrected chi connectivity index (χ3v) is 4.57. The number of nitrogens with one attached hydrogen (secondary N) is 1. The van der Waals surface area contributed by atoms with Crippen molar-refractivity contribution in [3.05, 3.63) is 47.4 Å². The maximum atomic E-state index is 13.8. The fourth-order valence-electron chi connectivity index (χ4n) is 3.02. The van der Waals surface area contributed by atoms with Crippen LogP contribution < -0.4 is 5.32 Å². The molecule has 1 saturated heterocycles. The summed E-state index contributed by atoms with van der Waals surface area (Å²) in [5.41, 5.74) is 0.107. The molecule has 1 aromatic carbocycles. The number of amides is 1. The van der Waals surface area contributed by atoms with Gasteiger partial charge in [0.2, 0.25) is 5.91 Å². The Bertz CT molecular complexity index is 737. The fraction of sp³-hybridized carbons (Fsp3) is 0.500. The van der Waals surface area contributed by atoms with Crippen LogP contribution in [0, 0.1) is 17.5 Å². The van der Waals surface area contributed by atoms with Crippen molar-refractivity contribution >= 4 is 5.91 Å². The third-order valence-electron chi connectivity index (χ3n) is 4.57. The summed E-state index contributed by atoms with van der Waals surface area (Å²) in [5.74, 6) is -3.75. The van der Waals surface area contributed by atoms with Gasteiger partial charge in [-0.1, -0.05) is 6.58 Å². The molecule has 1 aromatic rings. The smallest absolute Gasteiger partial charge is 0.363 e. The number of piperazine rings is 1. The Kier molecular flexibility index (Phi) is 6.97. The van der Waals surface area contributed by atoms with E-state index in [0.717, 1.165) is 11.0 Å². The van der Waals surface area contributed by atoms with E-state index in [1.54, 1.807) is 0 Å². The van der Waals surface area contributed by atoms with E-state index in [2.05, 4.69) is 11.9 Å².